The van der Waals surface area contributed by atoms with E-state index in [1.165, 1.54) is 6.21 Å². The fraction of sp³-hybridized carbons (Fsp3) is 0.143. The molecule has 0 radical (unpaired) electrons. The predicted octanol–water partition coefficient (Wildman–Crippen LogP) is 4.05. The molecule has 0 aliphatic carbocycles. The lowest BCUT2D eigenvalue weighted by Gasteiger charge is -2.08. The Labute approximate surface area is 170 Å². The van der Waals surface area contributed by atoms with E-state index in [1.54, 1.807) is 0 Å². The second kappa shape index (κ2) is 9.11. The molecule has 1 heterocycles. The van der Waals surface area contributed by atoms with Gasteiger partial charge in [-0.2, -0.15) is 0 Å². The molecule has 0 atom stereocenters. The molecule has 3 aromatic rings. The number of nitrogens with zero attached hydrogens (tertiary/aromatic N) is 2. The molecule has 0 bridgehead atoms. The van der Waals surface area contributed by atoms with Gasteiger partial charge < -0.3 is 19.2 Å². The highest BCUT2D eigenvalue weighted by Gasteiger charge is 2.09. The third-order valence-electron chi connectivity index (χ3n) is 3.89. The summed E-state index contributed by atoms with van der Waals surface area (Å²) in [6.07, 6.45) is 8.76. The number of aromatic nitrogens is 1. The van der Waals surface area contributed by atoms with Gasteiger partial charge in [-0.25, -0.2) is 4.79 Å². The molecule has 0 unspecified atom stereocenters. The molecular weight excluding hydrogens is 424 g/mol. The molecule has 6 nitrogen and oxygen atoms in total. The van der Waals surface area contributed by atoms with E-state index < -0.39 is 12.6 Å². The summed E-state index contributed by atoms with van der Waals surface area (Å²) in [6, 6.07) is 13.6. The van der Waals surface area contributed by atoms with Gasteiger partial charge in [0.1, 0.15) is 12.4 Å². The first kappa shape index (κ1) is 19.5. The summed E-state index contributed by atoms with van der Waals surface area (Å²) in [6.45, 7) is 0.334. The lowest BCUT2D eigenvalue weighted by molar-refractivity contribution is -0.142. The zero-order valence-electron chi connectivity index (χ0n) is 14.8. The van der Waals surface area contributed by atoms with E-state index in [9.17, 15) is 4.79 Å². The molecule has 142 valence electrons. The minimum absolute atomic E-state index is 0.401. The molecule has 0 aliphatic rings. The van der Waals surface area contributed by atoms with Crippen LogP contribution < -0.4 is 4.74 Å². The van der Waals surface area contributed by atoms with Crippen molar-refractivity contribution >= 4 is 39.0 Å². The van der Waals surface area contributed by atoms with Gasteiger partial charge in [0.05, 0.1) is 12.8 Å². The van der Waals surface area contributed by atoms with Crippen LogP contribution >= 0.6 is 15.9 Å². The zero-order chi connectivity index (χ0) is 19.9. The van der Waals surface area contributed by atoms with E-state index in [2.05, 4.69) is 27.0 Å². The number of rotatable bonds is 8. The van der Waals surface area contributed by atoms with Crippen LogP contribution in [0.2, 0.25) is 0 Å². The largest absolute Gasteiger partial charge is 0.489 e. The Hall–Kier alpha value is -3.24. The van der Waals surface area contributed by atoms with Crippen molar-refractivity contribution in [2.45, 2.75) is 13.2 Å². The summed E-state index contributed by atoms with van der Waals surface area (Å²) in [5.74, 6) is 2.23. The van der Waals surface area contributed by atoms with E-state index in [0.29, 0.717) is 18.9 Å². The van der Waals surface area contributed by atoms with E-state index in [4.69, 9.17) is 21.1 Å². The van der Waals surface area contributed by atoms with Crippen LogP contribution in [-0.2, 0) is 22.8 Å². The van der Waals surface area contributed by atoms with E-state index in [1.807, 2.05) is 53.2 Å². The normalized spacial score (nSPS) is 10.9. The Morgan fingerprint density at radius 2 is 2.18 bits per heavy atom. The van der Waals surface area contributed by atoms with Crippen molar-refractivity contribution in [3.05, 3.63) is 64.3 Å². The summed E-state index contributed by atoms with van der Waals surface area (Å²) < 4.78 is 8.82. The number of halogens is 1. The van der Waals surface area contributed by atoms with Crippen LogP contribution in [-0.4, -0.2) is 28.5 Å². The molecule has 0 amide bonds. The van der Waals surface area contributed by atoms with Gasteiger partial charge in [0.25, 0.3) is 0 Å². The summed E-state index contributed by atoms with van der Waals surface area (Å²) in [7, 11) is 0. The Kier molecular flexibility index (Phi) is 6.35. The lowest BCUT2D eigenvalue weighted by Crippen LogP contribution is -2.03. The fourth-order valence-electron chi connectivity index (χ4n) is 2.71. The average Bonchev–Trinajstić information content (AvgIpc) is 3.01. The number of terminal acetylenes is 1. The summed E-state index contributed by atoms with van der Waals surface area (Å²) >= 11 is 3.45. The predicted molar refractivity (Wildman–Crippen MR) is 110 cm³/mol. The van der Waals surface area contributed by atoms with Crippen LogP contribution in [0.15, 0.2) is 58.3 Å². The van der Waals surface area contributed by atoms with Crippen LogP contribution in [0.4, 0.5) is 0 Å². The van der Waals surface area contributed by atoms with Crippen LogP contribution in [0.5, 0.6) is 5.75 Å². The van der Waals surface area contributed by atoms with Gasteiger partial charge in [-0.1, -0.05) is 39.1 Å². The fourth-order valence-corrected chi connectivity index (χ4v) is 3.15. The van der Waals surface area contributed by atoms with Crippen molar-refractivity contribution in [3.8, 4) is 18.1 Å². The van der Waals surface area contributed by atoms with Crippen molar-refractivity contribution in [1.82, 2.24) is 4.57 Å². The molecule has 1 aromatic heterocycles. The highest BCUT2D eigenvalue weighted by atomic mass is 79.9. The van der Waals surface area contributed by atoms with Gasteiger partial charge in [-0.15, -0.1) is 6.42 Å². The second-order valence-corrected chi connectivity index (χ2v) is 6.83. The number of ether oxygens (including phenoxy) is 1. The van der Waals surface area contributed by atoms with Gasteiger partial charge >= 0.3 is 5.97 Å². The number of carboxylic acid groups (broad SMARTS) is 1. The van der Waals surface area contributed by atoms with Gasteiger partial charge in [-0.05, 0) is 35.9 Å². The quantitative estimate of drug-likeness (QED) is 0.325. The lowest BCUT2D eigenvalue weighted by atomic mass is 10.2. The Bertz CT molecular complexity index is 1070. The monoisotopic (exact) mass is 440 g/mol. The summed E-state index contributed by atoms with van der Waals surface area (Å²) in [5.41, 5.74) is 2.72. The Morgan fingerprint density at radius 3 is 2.93 bits per heavy atom. The summed E-state index contributed by atoms with van der Waals surface area (Å²) in [5, 5.41) is 13.2. The highest BCUT2D eigenvalue weighted by Crippen LogP contribution is 2.26. The minimum atomic E-state index is -1.09. The number of aliphatic carboxylic acids is 1. The first-order valence-corrected chi connectivity index (χ1v) is 9.17. The molecule has 0 aliphatic heterocycles. The molecule has 0 spiro atoms. The SMILES string of the molecule is C#CCn1cc(/C=N/OCC(=O)O)c2cc(OCc3cccc(Br)c3)ccc21. The number of hydrogen-bond acceptors (Lipinski definition) is 4. The van der Waals surface area contributed by atoms with Crippen molar-refractivity contribution in [2.75, 3.05) is 6.61 Å². The molecule has 2 aromatic carbocycles. The van der Waals surface area contributed by atoms with Gasteiger partial charge in [0.15, 0.2) is 0 Å². The maximum Gasteiger partial charge on any atom is 0.344 e. The number of fused-ring (bicyclic) bond motifs is 1. The van der Waals surface area contributed by atoms with E-state index >= 15 is 0 Å². The van der Waals surface area contributed by atoms with Gasteiger partial charge in [0.2, 0.25) is 6.61 Å². The Morgan fingerprint density at radius 1 is 1.32 bits per heavy atom. The van der Waals surface area contributed by atoms with Crippen molar-refractivity contribution in [3.63, 3.8) is 0 Å². The first-order chi connectivity index (χ1) is 13.6. The average molecular weight is 441 g/mol. The molecule has 0 saturated carbocycles. The van der Waals surface area contributed by atoms with Crippen LogP contribution in [0, 0.1) is 12.3 Å². The van der Waals surface area contributed by atoms with E-state index in [0.717, 1.165) is 26.5 Å². The van der Waals surface area contributed by atoms with Crippen LogP contribution in [0.25, 0.3) is 10.9 Å². The second-order valence-electron chi connectivity index (χ2n) is 5.92. The third-order valence-corrected chi connectivity index (χ3v) is 4.39. The van der Waals surface area contributed by atoms with Crippen LogP contribution in [0.3, 0.4) is 0 Å². The molecular formula is C21H17BrN2O4. The molecule has 0 saturated heterocycles. The molecule has 0 fully saturated rings. The van der Waals surface area contributed by atoms with Crippen molar-refractivity contribution < 1.29 is 19.5 Å². The number of benzene rings is 2. The topological polar surface area (TPSA) is 73.1 Å². The zero-order valence-corrected chi connectivity index (χ0v) is 16.4. The number of hydrogen-bond donors (Lipinski definition) is 1. The van der Waals surface area contributed by atoms with Crippen molar-refractivity contribution in [1.29, 1.82) is 0 Å². The smallest absolute Gasteiger partial charge is 0.344 e. The molecule has 1 N–H and O–H groups in total. The number of oxime groups is 1. The molecule has 3 rings (SSSR count). The standard InChI is InChI=1S/C21H17BrN2O4/c1-2-8-24-12-16(11-23-28-14-21(25)26)19-10-18(6-7-20(19)24)27-13-15-4-3-5-17(22)9-15/h1,3-7,9-12H,8,13-14H2,(H,25,26)/b23-11+. The first-order valence-electron chi connectivity index (χ1n) is 8.37. The maximum absolute atomic E-state index is 10.5. The number of carboxylic acids is 1. The van der Waals surface area contributed by atoms with Gasteiger partial charge in [-0.3, -0.25) is 0 Å². The third kappa shape index (κ3) is 4.93. The minimum Gasteiger partial charge on any atom is -0.489 e. The van der Waals surface area contributed by atoms with Crippen LogP contribution in [0.1, 0.15) is 11.1 Å². The Balaban J connectivity index is 1.84. The maximum atomic E-state index is 10.5. The highest BCUT2D eigenvalue weighted by molar-refractivity contribution is 9.10. The van der Waals surface area contributed by atoms with E-state index in [-0.39, 0.29) is 0 Å². The van der Waals surface area contributed by atoms with Gasteiger partial charge in [0, 0.05) is 27.1 Å². The summed E-state index contributed by atoms with van der Waals surface area (Å²) in [4.78, 5) is 15.3. The van der Waals surface area contributed by atoms with Crippen molar-refractivity contribution in [2.24, 2.45) is 5.16 Å². The molecule has 28 heavy (non-hydrogen) atoms. The molecule has 7 heteroatoms. The number of carbonyl (C=O) groups is 1.